The van der Waals surface area contributed by atoms with Gasteiger partial charge < -0.3 is 9.84 Å². The van der Waals surface area contributed by atoms with Crippen molar-refractivity contribution in [3.8, 4) is 5.75 Å². The Morgan fingerprint density at radius 1 is 1.00 bits per heavy atom. The number of rotatable bonds is 7. The van der Waals surface area contributed by atoms with Crippen molar-refractivity contribution >= 4 is 18.0 Å². The van der Waals surface area contributed by atoms with Gasteiger partial charge in [-0.1, -0.05) is 0 Å². The zero-order valence-electron chi connectivity index (χ0n) is 13.2. The quantitative estimate of drug-likeness (QED) is 0.339. The lowest BCUT2D eigenvalue weighted by atomic mass is 10.1. The highest BCUT2D eigenvalue weighted by Gasteiger charge is 2.07. The highest BCUT2D eigenvalue weighted by Crippen LogP contribution is 2.10. The molecule has 0 fully saturated rings. The molecular weight excluding hydrogens is 326 g/mol. The van der Waals surface area contributed by atoms with E-state index < -0.39 is 11.8 Å². The van der Waals surface area contributed by atoms with Gasteiger partial charge in [-0.3, -0.25) is 14.8 Å². The minimum absolute atomic E-state index is 0.0547. The topological polar surface area (TPSA) is 120 Å². The normalized spacial score (nSPS) is 10.5. The van der Waals surface area contributed by atoms with Crippen molar-refractivity contribution in [3.05, 3.63) is 65.2 Å². The lowest BCUT2D eigenvalue weighted by Gasteiger charge is -2.04. The summed E-state index contributed by atoms with van der Waals surface area (Å²) >= 11 is 0. The van der Waals surface area contributed by atoms with E-state index in [0.717, 1.165) is 5.56 Å². The fourth-order valence-corrected chi connectivity index (χ4v) is 1.88. The molecular formula is C17H17N3O5. The Bertz CT molecular complexity index is 742. The van der Waals surface area contributed by atoms with E-state index in [0.29, 0.717) is 11.3 Å². The molecule has 4 N–H and O–H groups in total. The number of aliphatic hydroxyl groups excluding tert-OH is 1. The fraction of sp³-hybridized carbons (Fsp3) is 0.118. The minimum atomic E-state index is -0.656. The first-order valence-electron chi connectivity index (χ1n) is 7.35. The number of nitrogens with zero attached hydrogens (tertiary/aromatic N) is 1. The Hall–Kier alpha value is -3.23. The average molecular weight is 343 g/mol. The van der Waals surface area contributed by atoms with E-state index in [1.165, 1.54) is 36.0 Å². The number of hydrogen-bond acceptors (Lipinski definition) is 6. The Balaban J connectivity index is 1.90. The summed E-state index contributed by atoms with van der Waals surface area (Å²) in [5.41, 5.74) is 5.19. The second-order valence-corrected chi connectivity index (χ2v) is 4.86. The first kappa shape index (κ1) is 18.1. The molecule has 0 heterocycles. The number of hydrazone groups is 1. The minimum Gasteiger partial charge on any atom is -0.491 e. The van der Waals surface area contributed by atoms with Crippen LogP contribution in [0.3, 0.4) is 0 Å². The second kappa shape index (κ2) is 9.16. The zero-order chi connectivity index (χ0) is 18.1. The van der Waals surface area contributed by atoms with Crippen LogP contribution in [0.1, 0.15) is 26.3 Å². The van der Waals surface area contributed by atoms with Crippen molar-refractivity contribution < 1.29 is 24.6 Å². The Morgan fingerprint density at radius 2 is 1.60 bits per heavy atom. The van der Waals surface area contributed by atoms with Crippen molar-refractivity contribution in [2.75, 3.05) is 13.2 Å². The summed E-state index contributed by atoms with van der Waals surface area (Å²) in [6.45, 7) is 0.170. The van der Waals surface area contributed by atoms with E-state index in [2.05, 4.69) is 10.5 Å². The Kier molecular flexibility index (Phi) is 6.64. The SMILES string of the molecule is O=C(NO)c1ccc(C(=O)N/N=C/c2ccc(OCCO)cc2)cc1. The average Bonchev–Trinajstić information content (AvgIpc) is 2.66. The summed E-state index contributed by atoms with van der Waals surface area (Å²) in [4.78, 5) is 23.1. The number of aliphatic hydroxyl groups is 1. The van der Waals surface area contributed by atoms with Crippen LogP contribution in [0, 0.1) is 0 Å². The number of hydroxylamine groups is 1. The highest BCUT2D eigenvalue weighted by atomic mass is 16.5. The number of carbonyl (C=O) groups excluding carboxylic acids is 2. The molecule has 2 aromatic rings. The lowest BCUT2D eigenvalue weighted by Crippen LogP contribution is -2.20. The van der Waals surface area contributed by atoms with Crippen LogP contribution in [0.25, 0.3) is 0 Å². The van der Waals surface area contributed by atoms with Crippen LogP contribution in [0.5, 0.6) is 5.75 Å². The van der Waals surface area contributed by atoms with E-state index in [4.69, 9.17) is 15.1 Å². The van der Waals surface area contributed by atoms with Gasteiger partial charge in [0.05, 0.1) is 12.8 Å². The molecule has 130 valence electrons. The van der Waals surface area contributed by atoms with Gasteiger partial charge in [-0.15, -0.1) is 0 Å². The maximum absolute atomic E-state index is 11.9. The molecule has 2 rings (SSSR count). The van der Waals surface area contributed by atoms with Crippen molar-refractivity contribution in [2.45, 2.75) is 0 Å². The third-order valence-electron chi connectivity index (χ3n) is 3.13. The summed E-state index contributed by atoms with van der Waals surface area (Å²) in [7, 11) is 0. The van der Waals surface area contributed by atoms with Gasteiger partial charge >= 0.3 is 0 Å². The van der Waals surface area contributed by atoms with E-state index in [1.807, 2.05) is 0 Å². The molecule has 0 aromatic heterocycles. The smallest absolute Gasteiger partial charge is 0.274 e. The number of nitrogens with one attached hydrogen (secondary N) is 2. The molecule has 0 aliphatic carbocycles. The number of amides is 2. The van der Waals surface area contributed by atoms with Crippen LogP contribution in [0.2, 0.25) is 0 Å². The largest absolute Gasteiger partial charge is 0.491 e. The monoisotopic (exact) mass is 343 g/mol. The molecule has 0 radical (unpaired) electrons. The summed E-state index contributed by atoms with van der Waals surface area (Å²) in [6.07, 6.45) is 1.47. The zero-order valence-corrected chi connectivity index (χ0v) is 13.2. The molecule has 8 heteroatoms. The van der Waals surface area contributed by atoms with Crippen LogP contribution < -0.4 is 15.6 Å². The van der Waals surface area contributed by atoms with Gasteiger partial charge in [-0.05, 0) is 54.1 Å². The molecule has 2 aromatic carbocycles. The van der Waals surface area contributed by atoms with E-state index in [-0.39, 0.29) is 18.8 Å². The molecule has 0 saturated carbocycles. The van der Waals surface area contributed by atoms with Crippen molar-refractivity contribution in [2.24, 2.45) is 5.10 Å². The van der Waals surface area contributed by atoms with Gasteiger partial charge in [0.2, 0.25) is 0 Å². The van der Waals surface area contributed by atoms with Crippen molar-refractivity contribution in [1.29, 1.82) is 0 Å². The summed E-state index contributed by atoms with van der Waals surface area (Å²) < 4.78 is 5.24. The van der Waals surface area contributed by atoms with E-state index in [9.17, 15) is 9.59 Å². The van der Waals surface area contributed by atoms with Crippen LogP contribution in [0.15, 0.2) is 53.6 Å². The van der Waals surface area contributed by atoms with Gasteiger partial charge in [0, 0.05) is 11.1 Å². The van der Waals surface area contributed by atoms with Gasteiger partial charge in [0.25, 0.3) is 11.8 Å². The van der Waals surface area contributed by atoms with Crippen molar-refractivity contribution in [1.82, 2.24) is 10.9 Å². The van der Waals surface area contributed by atoms with Gasteiger partial charge in [0.15, 0.2) is 0 Å². The van der Waals surface area contributed by atoms with Crippen LogP contribution in [-0.4, -0.2) is 41.6 Å². The van der Waals surface area contributed by atoms with E-state index in [1.54, 1.807) is 24.3 Å². The third kappa shape index (κ3) is 5.41. The fourth-order valence-electron chi connectivity index (χ4n) is 1.88. The molecule has 0 atom stereocenters. The number of carbonyl (C=O) groups is 2. The molecule has 0 aliphatic heterocycles. The van der Waals surface area contributed by atoms with Gasteiger partial charge in [-0.2, -0.15) is 5.10 Å². The molecule has 8 nitrogen and oxygen atoms in total. The maximum atomic E-state index is 11.9. The Morgan fingerprint density at radius 3 is 2.16 bits per heavy atom. The lowest BCUT2D eigenvalue weighted by molar-refractivity contribution is 0.0706. The summed E-state index contributed by atoms with van der Waals surface area (Å²) in [5.74, 6) is -0.464. The first-order chi connectivity index (χ1) is 12.1. The Labute approximate surface area is 143 Å². The van der Waals surface area contributed by atoms with Crippen LogP contribution >= 0.6 is 0 Å². The predicted molar refractivity (Wildman–Crippen MR) is 89.8 cm³/mol. The molecule has 0 bridgehead atoms. The third-order valence-corrected chi connectivity index (χ3v) is 3.13. The number of benzene rings is 2. The molecule has 25 heavy (non-hydrogen) atoms. The van der Waals surface area contributed by atoms with Crippen molar-refractivity contribution in [3.63, 3.8) is 0 Å². The maximum Gasteiger partial charge on any atom is 0.274 e. The second-order valence-electron chi connectivity index (χ2n) is 4.86. The first-order valence-corrected chi connectivity index (χ1v) is 7.35. The summed E-state index contributed by atoms with van der Waals surface area (Å²) in [5, 5.41) is 21.1. The number of hydrogen-bond donors (Lipinski definition) is 4. The molecule has 0 unspecified atom stereocenters. The molecule has 0 spiro atoms. The van der Waals surface area contributed by atoms with Gasteiger partial charge in [0.1, 0.15) is 12.4 Å². The number of ether oxygens (including phenoxy) is 1. The highest BCUT2D eigenvalue weighted by molar-refractivity contribution is 5.97. The molecule has 0 saturated heterocycles. The van der Waals surface area contributed by atoms with E-state index >= 15 is 0 Å². The van der Waals surface area contributed by atoms with Crippen LogP contribution in [-0.2, 0) is 0 Å². The van der Waals surface area contributed by atoms with Gasteiger partial charge in [-0.25, -0.2) is 10.9 Å². The predicted octanol–water partition coefficient (Wildman–Crippen LogP) is 0.941. The molecule has 2 amide bonds. The standard InChI is InChI=1S/C17H17N3O5/c21-9-10-25-15-7-1-12(2-8-15)11-18-19-16(22)13-3-5-14(6-4-13)17(23)20-24/h1-8,11,21,24H,9-10H2,(H,19,22)(H,20,23)/b18-11+. The van der Waals surface area contributed by atoms with Crippen LogP contribution in [0.4, 0.5) is 0 Å². The summed E-state index contributed by atoms with van der Waals surface area (Å²) in [6, 6.07) is 12.7. The molecule has 0 aliphatic rings.